The van der Waals surface area contributed by atoms with Gasteiger partial charge in [-0.05, 0) is 11.1 Å². The van der Waals surface area contributed by atoms with E-state index in [4.69, 9.17) is 21.1 Å². The van der Waals surface area contributed by atoms with E-state index in [1.807, 2.05) is 0 Å². The van der Waals surface area contributed by atoms with Gasteiger partial charge in [0.2, 0.25) is 0 Å². The van der Waals surface area contributed by atoms with Crippen molar-refractivity contribution in [3.05, 3.63) is 17.2 Å². The van der Waals surface area contributed by atoms with Crippen LogP contribution in [0.15, 0.2) is 17.0 Å². The monoisotopic (exact) mass is 270 g/mol. The van der Waals surface area contributed by atoms with Crippen LogP contribution >= 0.6 is 11.6 Å². The molecule has 1 aliphatic heterocycles. The van der Waals surface area contributed by atoms with Gasteiger partial charge in [0.25, 0.3) is 0 Å². The molecule has 0 saturated carbocycles. The normalized spacial score (nSPS) is 15.9. The topological polar surface area (TPSA) is 58.6 Å². The summed E-state index contributed by atoms with van der Waals surface area (Å²) in [7, 11) is 0. The van der Waals surface area contributed by atoms with Crippen LogP contribution in [0.5, 0.6) is 11.5 Å². The van der Waals surface area contributed by atoms with Crippen LogP contribution in [0, 0.1) is 0 Å². The summed E-state index contributed by atoms with van der Waals surface area (Å²) in [6.45, 7) is 1.06. The van der Waals surface area contributed by atoms with Crippen molar-refractivity contribution in [3.8, 4) is 11.5 Å². The Bertz CT molecular complexity index is 413. The van der Waals surface area contributed by atoms with Gasteiger partial charge in [0.05, 0.1) is 18.2 Å². The molecule has 0 N–H and O–H groups in total. The molecule has 16 heavy (non-hydrogen) atoms. The van der Waals surface area contributed by atoms with Crippen LogP contribution in [-0.2, 0) is 11.1 Å². The van der Waals surface area contributed by atoms with E-state index >= 15 is 0 Å². The summed E-state index contributed by atoms with van der Waals surface area (Å²) in [5.41, 5.74) is 0. The summed E-state index contributed by atoms with van der Waals surface area (Å²) in [4.78, 5) is 0.0286. The Morgan fingerprint density at radius 3 is 2.38 bits per heavy atom. The number of fused-ring (bicyclic) bond motifs is 1. The zero-order chi connectivity index (χ0) is 10.8. The van der Waals surface area contributed by atoms with Gasteiger partial charge in [-0.3, -0.25) is 4.21 Å². The fraction of sp³-hybridized carbons (Fsp3) is 0.333. The van der Waals surface area contributed by atoms with Gasteiger partial charge in [0, 0.05) is 23.4 Å². The predicted molar refractivity (Wildman–Crippen MR) is 54.2 cm³/mol. The standard InChI is InChI=1S/C9H9ClO4S.Na/c10-6-4-7-8(5-9(6)15(11)12)14-3-1-2-13-7;/h4-5H,1-3H2,(H,11,12);/q;+1/p-1. The molecule has 1 aromatic carbocycles. The maximum atomic E-state index is 10.8. The Balaban J connectivity index is 0.00000128. The molecule has 7 heteroatoms. The van der Waals surface area contributed by atoms with E-state index in [1.54, 1.807) is 0 Å². The fourth-order valence-corrected chi connectivity index (χ4v) is 2.06. The summed E-state index contributed by atoms with van der Waals surface area (Å²) in [5, 5.41) is 0.146. The van der Waals surface area contributed by atoms with E-state index in [2.05, 4.69) is 0 Å². The number of rotatable bonds is 1. The molecule has 1 aromatic rings. The average Bonchev–Trinajstić information content (AvgIpc) is 2.40. The van der Waals surface area contributed by atoms with Crippen molar-refractivity contribution < 1.29 is 47.8 Å². The smallest absolute Gasteiger partial charge is 0.768 e. The summed E-state index contributed by atoms with van der Waals surface area (Å²) >= 11 is 3.42. The van der Waals surface area contributed by atoms with Crippen molar-refractivity contribution in [3.63, 3.8) is 0 Å². The van der Waals surface area contributed by atoms with Crippen LogP contribution in [0.3, 0.4) is 0 Å². The zero-order valence-electron chi connectivity index (χ0n) is 8.70. The van der Waals surface area contributed by atoms with E-state index in [0.29, 0.717) is 24.7 Å². The first-order valence-electron chi connectivity index (χ1n) is 4.37. The Hall–Kier alpha value is 0.220. The van der Waals surface area contributed by atoms with Crippen molar-refractivity contribution >= 4 is 22.7 Å². The van der Waals surface area contributed by atoms with Crippen LogP contribution in [0.1, 0.15) is 6.42 Å². The largest absolute Gasteiger partial charge is 1.00 e. The molecule has 1 heterocycles. The first-order chi connectivity index (χ1) is 7.18. The van der Waals surface area contributed by atoms with Crippen LogP contribution < -0.4 is 39.0 Å². The molecule has 0 bridgehead atoms. The van der Waals surface area contributed by atoms with Crippen LogP contribution in [0.2, 0.25) is 5.02 Å². The zero-order valence-corrected chi connectivity index (χ0v) is 12.3. The number of hydrogen-bond acceptors (Lipinski definition) is 4. The molecule has 0 aromatic heterocycles. The minimum Gasteiger partial charge on any atom is -0.768 e. The van der Waals surface area contributed by atoms with Gasteiger partial charge in [-0.1, -0.05) is 11.6 Å². The Labute approximate surface area is 123 Å². The molecule has 0 fully saturated rings. The third-order valence-electron chi connectivity index (χ3n) is 1.98. The molecule has 1 atom stereocenters. The third kappa shape index (κ3) is 3.12. The van der Waals surface area contributed by atoms with Gasteiger partial charge in [0.15, 0.2) is 11.5 Å². The summed E-state index contributed by atoms with van der Waals surface area (Å²) in [6, 6.07) is 2.85. The van der Waals surface area contributed by atoms with E-state index in [0.717, 1.165) is 6.42 Å². The van der Waals surface area contributed by atoms with Crippen molar-refractivity contribution in [1.82, 2.24) is 0 Å². The maximum absolute atomic E-state index is 10.8. The molecule has 4 nitrogen and oxygen atoms in total. The Morgan fingerprint density at radius 1 is 1.25 bits per heavy atom. The first-order valence-corrected chi connectivity index (χ1v) is 5.82. The molecule has 0 aliphatic carbocycles. The molecular formula is C9H8ClNaO4S. The minimum atomic E-state index is -2.36. The molecule has 82 valence electrons. The molecular weight excluding hydrogens is 263 g/mol. The molecule has 0 saturated heterocycles. The van der Waals surface area contributed by atoms with Crippen molar-refractivity contribution in [1.29, 1.82) is 0 Å². The van der Waals surface area contributed by atoms with E-state index in [1.165, 1.54) is 12.1 Å². The number of halogens is 1. The molecule has 0 amide bonds. The first kappa shape index (κ1) is 14.3. The summed E-state index contributed by atoms with van der Waals surface area (Å²) in [6.07, 6.45) is 0.766. The number of ether oxygens (including phenoxy) is 2. The van der Waals surface area contributed by atoms with Gasteiger partial charge >= 0.3 is 29.6 Å². The SMILES string of the molecule is O=S([O-])c1cc2c(cc1Cl)OCCCO2.[Na+]. The molecule has 0 radical (unpaired) electrons. The second-order valence-corrected chi connectivity index (χ2v) is 4.33. The molecule has 0 spiro atoms. The quantitative estimate of drug-likeness (QED) is 0.472. The van der Waals surface area contributed by atoms with E-state index in [-0.39, 0.29) is 39.5 Å². The minimum absolute atomic E-state index is 0. The van der Waals surface area contributed by atoms with Gasteiger partial charge < -0.3 is 14.0 Å². The van der Waals surface area contributed by atoms with Crippen LogP contribution in [-0.4, -0.2) is 22.0 Å². The summed E-state index contributed by atoms with van der Waals surface area (Å²) < 4.78 is 32.3. The number of benzene rings is 1. The molecule has 1 aliphatic rings. The Kier molecular flexibility index (Phi) is 5.56. The third-order valence-corrected chi connectivity index (χ3v) is 3.10. The molecule has 2 rings (SSSR count). The van der Waals surface area contributed by atoms with Crippen molar-refractivity contribution in [2.75, 3.05) is 13.2 Å². The van der Waals surface area contributed by atoms with Crippen LogP contribution in [0.4, 0.5) is 0 Å². The van der Waals surface area contributed by atoms with Gasteiger partial charge in [-0.2, -0.15) is 0 Å². The second kappa shape index (κ2) is 6.23. The van der Waals surface area contributed by atoms with Crippen molar-refractivity contribution in [2.45, 2.75) is 11.3 Å². The van der Waals surface area contributed by atoms with Gasteiger partial charge in [-0.15, -0.1) is 0 Å². The van der Waals surface area contributed by atoms with E-state index in [9.17, 15) is 8.76 Å². The maximum Gasteiger partial charge on any atom is 1.00 e. The van der Waals surface area contributed by atoms with Gasteiger partial charge in [-0.25, -0.2) is 0 Å². The predicted octanol–water partition coefficient (Wildman–Crippen LogP) is -1.26. The average molecular weight is 271 g/mol. The second-order valence-electron chi connectivity index (χ2n) is 3.01. The van der Waals surface area contributed by atoms with Crippen LogP contribution in [0.25, 0.3) is 0 Å². The van der Waals surface area contributed by atoms with E-state index < -0.39 is 11.1 Å². The summed E-state index contributed by atoms with van der Waals surface area (Å²) in [5.74, 6) is 0.919. The molecule has 1 unspecified atom stereocenters. The fourth-order valence-electron chi connectivity index (χ4n) is 1.29. The number of hydrogen-bond donors (Lipinski definition) is 0. The van der Waals surface area contributed by atoms with Crippen molar-refractivity contribution in [2.24, 2.45) is 0 Å². The van der Waals surface area contributed by atoms with Gasteiger partial charge in [0.1, 0.15) is 0 Å². The Morgan fingerprint density at radius 2 is 1.81 bits per heavy atom.